The zero-order valence-corrected chi connectivity index (χ0v) is 21.8. The van der Waals surface area contributed by atoms with Crippen LogP contribution in [0.4, 0.5) is 17.1 Å². The molecule has 196 valence electrons. The number of amidine groups is 1. The van der Waals surface area contributed by atoms with E-state index in [1.807, 2.05) is 0 Å². The summed E-state index contributed by atoms with van der Waals surface area (Å²) in [5.41, 5.74) is 8.36. The summed E-state index contributed by atoms with van der Waals surface area (Å²) >= 11 is 0. The van der Waals surface area contributed by atoms with Gasteiger partial charge in [0.1, 0.15) is 17.4 Å². The Morgan fingerprint density at radius 1 is 1.00 bits per heavy atom. The molecular weight excluding hydrogens is 526 g/mol. The molecule has 0 aliphatic carbocycles. The Balaban J connectivity index is 1.60. The predicted octanol–water partition coefficient (Wildman–Crippen LogP) is 4.38. The number of rotatable bonds is 5. The van der Waals surface area contributed by atoms with Gasteiger partial charge in [0.15, 0.2) is 9.84 Å². The van der Waals surface area contributed by atoms with Crippen LogP contribution < -0.4 is 20.9 Å². The number of fused-ring (bicyclic) bond motifs is 1. The third-order valence-corrected chi connectivity index (χ3v) is 8.45. The molecule has 5 rings (SSSR count). The van der Waals surface area contributed by atoms with Gasteiger partial charge in [-0.2, -0.15) is 0 Å². The van der Waals surface area contributed by atoms with Crippen molar-refractivity contribution in [2.75, 3.05) is 21.8 Å². The number of nitrogen functional groups attached to an aromatic ring is 1. The summed E-state index contributed by atoms with van der Waals surface area (Å²) < 4.78 is 49.6. The molecule has 0 saturated carbocycles. The Hall–Kier alpha value is -4.10. The number of hydrogen-bond acceptors (Lipinski definition) is 8. The highest BCUT2D eigenvalue weighted by Gasteiger charge is 2.31. The van der Waals surface area contributed by atoms with E-state index >= 15 is 0 Å². The monoisotopic (exact) mass is 551 g/mol. The number of hydrogen-bond donors (Lipinski definition) is 5. The van der Waals surface area contributed by atoms with Crippen molar-refractivity contribution in [1.82, 2.24) is 4.57 Å². The van der Waals surface area contributed by atoms with Gasteiger partial charge in [0, 0.05) is 35.0 Å². The second-order valence-electron chi connectivity index (χ2n) is 8.86. The van der Waals surface area contributed by atoms with E-state index in [1.165, 1.54) is 15.7 Å². The van der Waals surface area contributed by atoms with Crippen LogP contribution in [0.3, 0.4) is 0 Å². The van der Waals surface area contributed by atoms with Crippen molar-refractivity contribution in [3.63, 3.8) is 0 Å². The molecule has 12 heteroatoms. The molecular formula is C26H25N5O5S2. The molecule has 0 atom stereocenters. The highest BCUT2D eigenvalue weighted by Crippen LogP contribution is 2.49. The number of sulfone groups is 1. The van der Waals surface area contributed by atoms with Crippen LogP contribution in [0.5, 0.6) is 0 Å². The lowest BCUT2D eigenvalue weighted by Gasteiger charge is -2.44. The van der Waals surface area contributed by atoms with Gasteiger partial charge in [0.25, 0.3) is 5.56 Å². The van der Waals surface area contributed by atoms with Crippen LogP contribution in [-0.4, -0.2) is 40.1 Å². The van der Waals surface area contributed by atoms with Crippen molar-refractivity contribution in [2.24, 2.45) is 5.73 Å². The van der Waals surface area contributed by atoms with E-state index in [1.54, 1.807) is 78.9 Å². The maximum atomic E-state index is 13.7. The quantitative estimate of drug-likeness (QED) is 0.180. The van der Waals surface area contributed by atoms with Gasteiger partial charge in [0.05, 0.1) is 10.6 Å². The normalized spacial score (nSPS) is 15.3. The Kier molecular flexibility index (Phi) is 6.27. The van der Waals surface area contributed by atoms with E-state index in [0.29, 0.717) is 28.1 Å². The maximum absolute atomic E-state index is 13.7. The molecule has 0 amide bonds. The number of nitrogens with two attached hydrogens (primary N) is 1. The number of pyridine rings is 1. The molecule has 3 aromatic carbocycles. The predicted molar refractivity (Wildman–Crippen MR) is 152 cm³/mol. The van der Waals surface area contributed by atoms with Crippen molar-refractivity contribution in [2.45, 2.75) is 4.90 Å². The van der Waals surface area contributed by atoms with Gasteiger partial charge in [-0.25, -0.2) is 8.42 Å². The first-order valence-corrected chi connectivity index (χ1v) is 15.0. The van der Waals surface area contributed by atoms with Gasteiger partial charge >= 0.3 is 0 Å². The molecule has 6 N–H and O–H groups in total. The summed E-state index contributed by atoms with van der Waals surface area (Å²) in [6.45, 7) is 0. The lowest BCUT2D eigenvalue weighted by Crippen LogP contribution is -2.37. The summed E-state index contributed by atoms with van der Waals surface area (Å²) in [7, 11) is -6.72. The van der Waals surface area contributed by atoms with E-state index in [9.17, 15) is 22.3 Å². The summed E-state index contributed by atoms with van der Waals surface area (Å²) in [5, 5.41) is 7.74. The fourth-order valence-corrected chi connectivity index (χ4v) is 6.53. The molecule has 1 aliphatic rings. The van der Waals surface area contributed by atoms with Crippen LogP contribution in [0.2, 0.25) is 0 Å². The second-order valence-corrected chi connectivity index (χ2v) is 12.6. The van der Waals surface area contributed by atoms with Gasteiger partial charge in [-0.3, -0.25) is 28.6 Å². The molecule has 10 nitrogen and oxygen atoms in total. The first-order chi connectivity index (χ1) is 17.9. The largest absolute Gasteiger partial charge is 0.384 e. The summed E-state index contributed by atoms with van der Waals surface area (Å²) in [6.07, 6.45) is 2.69. The number of benzene rings is 3. The van der Waals surface area contributed by atoms with Crippen molar-refractivity contribution in [1.29, 1.82) is 5.41 Å². The Bertz CT molecular complexity index is 1730. The topological polar surface area (TPSA) is 162 Å². The fourth-order valence-electron chi connectivity index (χ4n) is 4.40. The fraction of sp³-hybridized carbons (Fsp3) is 0.0769. The number of anilines is 3. The van der Waals surface area contributed by atoms with Crippen LogP contribution in [0.15, 0.2) is 94.7 Å². The summed E-state index contributed by atoms with van der Waals surface area (Å²) in [5.74, 6) is -0.432. The standard InChI is InChI=1S/C26H25N5O5S2/c1-37(33,34)23-8-3-2-7-21(23)17-9-11-19(12-10-17)30-14-13-22-24(26(30)32)31(16-38(35,36)29-22)20-6-4-5-18(15-20)25(27)28/h2-15,29,35-36H,16H2,1H3,(H3,27,28). The second kappa shape index (κ2) is 9.33. The van der Waals surface area contributed by atoms with Crippen LogP contribution in [-0.2, 0) is 9.84 Å². The van der Waals surface area contributed by atoms with Crippen molar-refractivity contribution in [3.8, 4) is 16.8 Å². The third kappa shape index (κ3) is 4.77. The van der Waals surface area contributed by atoms with Crippen LogP contribution in [0.25, 0.3) is 16.8 Å². The molecule has 0 fully saturated rings. The molecule has 0 spiro atoms. The van der Waals surface area contributed by atoms with Crippen molar-refractivity contribution in [3.05, 3.63) is 101 Å². The Morgan fingerprint density at radius 2 is 1.71 bits per heavy atom. The van der Waals surface area contributed by atoms with E-state index in [-0.39, 0.29) is 28.0 Å². The maximum Gasteiger partial charge on any atom is 0.281 e. The summed E-state index contributed by atoms with van der Waals surface area (Å²) in [4.78, 5) is 15.5. The van der Waals surface area contributed by atoms with E-state index in [2.05, 4.69) is 4.72 Å². The molecule has 38 heavy (non-hydrogen) atoms. The van der Waals surface area contributed by atoms with Crippen molar-refractivity contribution >= 4 is 43.5 Å². The van der Waals surface area contributed by atoms with Crippen LogP contribution in [0, 0.1) is 5.41 Å². The zero-order valence-electron chi connectivity index (χ0n) is 20.2. The molecule has 2 heterocycles. The number of nitrogens with one attached hydrogen (secondary N) is 2. The number of aromatic nitrogens is 1. The van der Waals surface area contributed by atoms with Gasteiger partial charge < -0.3 is 10.6 Å². The molecule has 0 saturated heterocycles. The average molecular weight is 552 g/mol. The minimum atomic E-state index is -3.44. The van der Waals surface area contributed by atoms with Gasteiger partial charge in [-0.1, -0.05) is 42.5 Å². The first kappa shape index (κ1) is 25.5. The van der Waals surface area contributed by atoms with Crippen LogP contribution >= 0.6 is 10.8 Å². The number of nitrogens with zero attached hydrogens (tertiary/aromatic N) is 2. The van der Waals surface area contributed by atoms with Crippen molar-refractivity contribution < 1.29 is 17.5 Å². The molecule has 0 radical (unpaired) electrons. The third-order valence-electron chi connectivity index (χ3n) is 6.13. The van der Waals surface area contributed by atoms with E-state index in [0.717, 1.165) is 6.26 Å². The molecule has 0 unspecified atom stereocenters. The summed E-state index contributed by atoms with van der Waals surface area (Å²) in [6, 6.07) is 21.8. The molecule has 1 aliphatic heterocycles. The lowest BCUT2D eigenvalue weighted by molar-refractivity contribution is 0.492. The Labute approximate surface area is 220 Å². The SMILES string of the molecule is CS(=O)(=O)c1ccccc1-c1ccc(-n2ccc3c(c2=O)N(c2cccc(C(=N)N)c2)CS(O)(O)N3)cc1. The van der Waals surface area contributed by atoms with Gasteiger partial charge in [-0.15, -0.1) is 10.8 Å². The first-order valence-electron chi connectivity index (χ1n) is 11.4. The zero-order chi connectivity index (χ0) is 27.2. The smallest absolute Gasteiger partial charge is 0.281 e. The Morgan fingerprint density at radius 3 is 2.39 bits per heavy atom. The molecule has 1 aromatic heterocycles. The minimum absolute atomic E-state index is 0.156. The molecule has 4 aromatic rings. The highest BCUT2D eigenvalue weighted by atomic mass is 32.3. The average Bonchev–Trinajstić information content (AvgIpc) is 2.87. The minimum Gasteiger partial charge on any atom is -0.384 e. The van der Waals surface area contributed by atoms with Gasteiger partial charge in [-0.05, 0) is 42.0 Å². The molecule has 0 bridgehead atoms. The van der Waals surface area contributed by atoms with Crippen LogP contribution in [0.1, 0.15) is 5.56 Å². The van der Waals surface area contributed by atoms with Gasteiger partial charge in [0.2, 0.25) is 0 Å². The lowest BCUT2D eigenvalue weighted by atomic mass is 10.1. The van der Waals surface area contributed by atoms with E-state index in [4.69, 9.17) is 11.1 Å². The highest BCUT2D eigenvalue weighted by molar-refractivity contribution is 8.25. The van der Waals surface area contributed by atoms with E-state index < -0.39 is 26.2 Å².